The van der Waals surface area contributed by atoms with Gasteiger partial charge in [-0.05, 0) is 6.07 Å². The highest BCUT2D eigenvalue weighted by Gasteiger charge is 2.00. The zero-order chi connectivity index (χ0) is 8.81. The number of ether oxygens (including phenoxy) is 1. The predicted molar refractivity (Wildman–Crippen MR) is 48.5 cm³/mol. The maximum atomic E-state index is 8.52. The second-order valence-corrected chi connectivity index (χ2v) is 3.31. The lowest BCUT2D eigenvalue weighted by Gasteiger charge is -1.95. The molecule has 0 unspecified atom stereocenters. The molecule has 1 N–H and O–H groups in total. The summed E-state index contributed by atoms with van der Waals surface area (Å²) in [5.41, 5.74) is 0. The standard InChI is InChI=1S/C8H12O3S/c1-10-8-3-2-7(11-8)6-12-5-4-9/h2-3,9H,4-6H2,1H3. The van der Waals surface area contributed by atoms with Crippen LogP contribution in [0.25, 0.3) is 0 Å². The fourth-order valence-electron chi connectivity index (χ4n) is 0.783. The van der Waals surface area contributed by atoms with Gasteiger partial charge in [-0.25, -0.2) is 0 Å². The highest BCUT2D eigenvalue weighted by molar-refractivity contribution is 7.98. The summed E-state index contributed by atoms with van der Waals surface area (Å²) >= 11 is 1.63. The van der Waals surface area contributed by atoms with Gasteiger partial charge in [0.2, 0.25) is 0 Å². The SMILES string of the molecule is COc1ccc(CSCCO)o1. The Morgan fingerprint density at radius 3 is 3.00 bits per heavy atom. The van der Waals surface area contributed by atoms with Gasteiger partial charge in [0.25, 0.3) is 5.95 Å². The van der Waals surface area contributed by atoms with Crippen LogP contribution in [0.1, 0.15) is 5.76 Å². The van der Waals surface area contributed by atoms with Gasteiger partial charge in [-0.15, -0.1) is 0 Å². The Bertz CT molecular complexity index is 222. The van der Waals surface area contributed by atoms with Gasteiger partial charge in [0.05, 0.1) is 19.5 Å². The number of aliphatic hydroxyl groups excluding tert-OH is 1. The molecule has 1 aromatic heterocycles. The fraction of sp³-hybridized carbons (Fsp3) is 0.500. The third-order valence-electron chi connectivity index (χ3n) is 1.32. The van der Waals surface area contributed by atoms with Gasteiger partial charge in [0, 0.05) is 11.8 Å². The summed E-state index contributed by atoms with van der Waals surface area (Å²) in [6.45, 7) is 0.211. The lowest BCUT2D eigenvalue weighted by atomic mass is 10.5. The molecule has 0 amide bonds. The van der Waals surface area contributed by atoms with E-state index in [0.29, 0.717) is 5.95 Å². The number of hydrogen-bond acceptors (Lipinski definition) is 4. The van der Waals surface area contributed by atoms with Crippen molar-refractivity contribution in [2.24, 2.45) is 0 Å². The Morgan fingerprint density at radius 1 is 1.58 bits per heavy atom. The number of aliphatic hydroxyl groups is 1. The summed E-state index contributed by atoms with van der Waals surface area (Å²) in [4.78, 5) is 0. The van der Waals surface area contributed by atoms with Crippen molar-refractivity contribution in [1.82, 2.24) is 0 Å². The normalized spacial score (nSPS) is 10.2. The second kappa shape index (κ2) is 5.11. The van der Waals surface area contributed by atoms with Gasteiger partial charge < -0.3 is 14.3 Å². The molecule has 0 fully saturated rings. The molecule has 0 aliphatic heterocycles. The summed E-state index contributed by atoms with van der Waals surface area (Å²) in [6.07, 6.45) is 0. The molecule has 0 saturated carbocycles. The lowest BCUT2D eigenvalue weighted by molar-refractivity contribution is 0.297. The zero-order valence-corrected chi connectivity index (χ0v) is 7.76. The molecule has 1 rings (SSSR count). The van der Waals surface area contributed by atoms with Crippen LogP contribution in [0, 0.1) is 0 Å². The van der Waals surface area contributed by atoms with Crippen molar-refractivity contribution in [3.8, 4) is 5.95 Å². The maximum Gasteiger partial charge on any atom is 0.284 e. The van der Waals surface area contributed by atoms with Gasteiger partial charge in [-0.3, -0.25) is 0 Å². The highest BCUT2D eigenvalue weighted by Crippen LogP contribution is 2.19. The zero-order valence-electron chi connectivity index (χ0n) is 6.95. The summed E-state index contributed by atoms with van der Waals surface area (Å²) in [7, 11) is 1.57. The molecular formula is C8H12O3S. The number of furan rings is 1. The van der Waals surface area contributed by atoms with E-state index in [1.54, 1.807) is 24.9 Å². The van der Waals surface area contributed by atoms with E-state index in [1.807, 2.05) is 6.07 Å². The molecule has 0 aliphatic rings. The van der Waals surface area contributed by atoms with Crippen molar-refractivity contribution in [2.45, 2.75) is 5.75 Å². The first kappa shape index (κ1) is 9.48. The average Bonchev–Trinajstić information content (AvgIpc) is 2.53. The smallest absolute Gasteiger partial charge is 0.284 e. The van der Waals surface area contributed by atoms with Crippen LogP contribution in [0.15, 0.2) is 16.5 Å². The Kier molecular flexibility index (Phi) is 4.04. The Morgan fingerprint density at radius 2 is 2.42 bits per heavy atom. The first-order valence-electron chi connectivity index (χ1n) is 3.68. The molecule has 0 aromatic carbocycles. The van der Waals surface area contributed by atoms with Crippen molar-refractivity contribution in [1.29, 1.82) is 0 Å². The number of hydrogen-bond donors (Lipinski definition) is 1. The van der Waals surface area contributed by atoms with Crippen LogP contribution in [0.4, 0.5) is 0 Å². The molecule has 1 aromatic rings. The maximum absolute atomic E-state index is 8.52. The first-order valence-corrected chi connectivity index (χ1v) is 4.83. The van der Waals surface area contributed by atoms with E-state index in [0.717, 1.165) is 17.3 Å². The minimum atomic E-state index is 0.211. The van der Waals surface area contributed by atoms with Crippen molar-refractivity contribution in [3.63, 3.8) is 0 Å². The third-order valence-corrected chi connectivity index (χ3v) is 2.28. The van der Waals surface area contributed by atoms with Crippen LogP contribution in [0.5, 0.6) is 5.95 Å². The summed E-state index contributed by atoms with van der Waals surface area (Å²) in [5.74, 6) is 2.94. The third kappa shape index (κ3) is 2.79. The summed E-state index contributed by atoms with van der Waals surface area (Å²) in [5, 5.41) is 8.52. The van der Waals surface area contributed by atoms with Crippen LogP contribution in [0.3, 0.4) is 0 Å². The highest BCUT2D eigenvalue weighted by atomic mass is 32.2. The molecule has 0 saturated heterocycles. The predicted octanol–water partition coefficient (Wildman–Crippen LogP) is 1.51. The van der Waals surface area contributed by atoms with Crippen molar-refractivity contribution in [2.75, 3.05) is 19.5 Å². The van der Waals surface area contributed by atoms with Crippen LogP contribution in [-0.4, -0.2) is 24.6 Å². The van der Waals surface area contributed by atoms with E-state index < -0.39 is 0 Å². The summed E-state index contributed by atoms with van der Waals surface area (Å²) < 4.78 is 10.1. The van der Waals surface area contributed by atoms with Gasteiger partial charge in [-0.2, -0.15) is 11.8 Å². The van der Waals surface area contributed by atoms with Gasteiger partial charge >= 0.3 is 0 Å². The van der Waals surface area contributed by atoms with E-state index in [9.17, 15) is 0 Å². The minimum Gasteiger partial charge on any atom is -0.468 e. The molecule has 1 heterocycles. The van der Waals surface area contributed by atoms with E-state index in [1.165, 1.54) is 0 Å². The van der Waals surface area contributed by atoms with E-state index in [-0.39, 0.29) is 6.61 Å². The van der Waals surface area contributed by atoms with E-state index in [4.69, 9.17) is 14.3 Å². The minimum absolute atomic E-state index is 0.211. The number of methoxy groups -OCH3 is 1. The average molecular weight is 188 g/mol. The molecule has 0 radical (unpaired) electrons. The molecule has 0 aliphatic carbocycles. The first-order chi connectivity index (χ1) is 5.86. The van der Waals surface area contributed by atoms with E-state index in [2.05, 4.69) is 0 Å². The Balaban J connectivity index is 2.31. The Labute approximate surface area is 75.7 Å². The van der Waals surface area contributed by atoms with Crippen molar-refractivity contribution in [3.05, 3.63) is 17.9 Å². The van der Waals surface area contributed by atoms with Crippen LogP contribution in [0.2, 0.25) is 0 Å². The van der Waals surface area contributed by atoms with Gasteiger partial charge in [0.15, 0.2) is 0 Å². The molecular weight excluding hydrogens is 176 g/mol. The Hall–Kier alpha value is -0.610. The van der Waals surface area contributed by atoms with E-state index >= 15 is 0 Å². The topological polar surface area (TPSA) is 42.6 Å². The monoisotopic (exact) mass is 188 g/mol. The van der Waals surface area contributed by atoms with Gasteiger partial charge in [-0.1, -0.05) is 0 Å². The molecule has 0 atom stereocenters. The largest absolute Gasteiger partial charge is 0.468 e. The fourth-order valence-corrected chi connectivity index (χ4v) is 1.41. The van der Waals surface area contributed by atoms with Crippen molar-refractivity contribution < 1.29 is 14.3 Å². The number of thioether (sulfide) groups is 1. The molecule has 4 heteroatoms. The van der Waals surface area contributed by atoms with Crippen LogP contribution < -0.4 is 4.74 Å². The van der Waals surface area contributed by atoms with Crippen LogP contribution >= 0.6 is 11.8 Å². The molecule has 0 bridgehead atoms. The lowest BCUT2D eigenvalue weighted by Crippen LogP contribution is -1.86. The second-order valence-electron chi connectivity index (χ2n) is 2.20. The van der Waals surface area contributed by atoms with Gasteiger partial charge in [0.1, 0.15) is 5.76 Å². The van der Waals surface area contributed by atoms with Crippen LogP contribution in [-0.2, 0) is 5.75 Å². The molecule has 0 spiro atoms. The molecule has 68 valence electrons. The summed E-state index contributed by atoms with van der Waals surface area (Å²) in [6, 6.07) is 3.66. The molecule has 12 heavy (non-hydrogen) atoms. The number of rotatable bonds is 5. The quantitative estimate of drug-likeness (QED) is 0.711. The van der Waals surface area contributed by atoms with Crippen molar-refractivity contribution >= 4 is 11.8 Å². The molecule has 3 nitrogen and oxygen atoms in total.